The van der Waals surface area contributed by atoms with Crippen molar-refractivity contribution < 1.29 is 19.2 Å². The summed E-state index contributed by atoms with van der Waals surface area (Å²) in [6, 6.07) is 20.0. The molecule has 0 radical (unpaired) electrons. The maximum atomic E-state index is 13.4. The number of halogens is 1. The predicted molar refractivity (Wildman–Crippen MR) is 104 cm³/mol. The van der Waals surface area contributed by atoms with Crippen LogP contribution in [-0.4, -0.2) is 17.0 Å². The monoisotopic (exact) mass is 378 g/mol. The Morgan fingerprint density at radius 1 is 0.929 bits per heavy atom. The van der Waals surface area contributed by atoms with E-state index >= 15 is 0 Å². The van der Waals surface area contributed by atoms with Crippen LogP contribution >= 0.6 is 0 Å². The van der Waals surface area contributed by atoms with Gasteiger partial charge in [0.15, 0.2) is 0 Å². The molecule has 1 unspecified atom stereocenters. The Morgan fingerprint density at radius 2 is 1.57 bits per heavy atom. The Kier molecular flexibility index (Phi) is 5.81. The Bertz CT molecular complexity index is 988. The molecule has 0 heterocycles. The lowest BCUT2D eigenvalue weighted by molar-refractivity contribution is -0.129. The van der Waals surface area contributed by atoms with Crippen molar-refractivity contribution in [3.8, 4) is 0 Å². The molecular formula is C22H19FN2O3. The van der Waals surface area contributed by atoms with E-state index < -0.39 is 11.8 Å². The van der Waals surface area contributed by atoms with Crippen molar-refractivity contribution >= 4 is 17.5 Å². The molecule has 0 spiro atoms. The molecule has 6 heteroatoms. The van der Waals surface area contributed by atoms with E-state index in [9.17, 15) is 14.0 Å². The third kappa shape index (κ3) is 4.24. The number of anilines is 1. The first-order valence-electron chi connectivity index (χ1n) is 8.66. The predicted octanol–water partition coefficient (Wildman–Crippen LogP) is 4.02. The highest BCUT2D eigenvalue weighted by Crippen LogP contribution is 2.26. The number of carbonyl (C=O) groups is 2. The fourth-order valence-electron chi connectivity index (χ4n) is 2.95. The van der Waals surface area contributed by atoms with Gasteiger partial charge in [-0.1, -0.05) is 42.5 Å². The Morgan fingerprint density at radius 3 is 2.18 bits per heavy atom. The van der Waals surface area contributed by atoms with Gasteiger partial charge >= 0.3 is 0 Å². The van der Waals surface area contributed by atoms with Crippen LogP contribution in [-0.2, 0) is 4.79 Å². The number of hydrogen-bond donors (Lipinski definition) is 3. The van der Waals surface area contributed by atoms with Crippen LogP contribution in [0.15, 0.2) is 72.8 Å². The highest BCUT2D eigenvalue weighted by Gasteiger charge is 2.22. The van der Waals surface area contributed by atoms with E-state index in [1.54, 1.807) is 48.8 Å². The summed E-state index contributed by atoms with van der Waals surface area (Å²) in [5.41, 5.74) is 4.37. The van der Waals surface area contributed by atoms with Crippen LogP contribution in [0.1, 0.15) is 33.0 Å². The summed E-state index contributed by atoms with van der Waals surface area (Å²) < 4.78 is 13.4. The van der Waals surface area contributed by atoms with Crippen molar-refractivity contribution in [2.24, 2.45) is 0 Å². The summed E-state index contributed by atoms with van der Waals surface area (Å²) in [6.07, 6.45) is 0. The quantitative estimate of drug-likeness (QED) is 0.463. The van der Waals surface area contributed by atoms with Crippen LogP contribution in [0.2, 0.25) is 0 Å². The topological polar surface area (TPSA) is 78.4 Å². The molecular weight excluding hydrogens is 359 g/mol. The summed E-state index contributed by atoms with van der Waals surface area (Å²) in [5.74, 6) is -1.96. The van der Waals surface area contributed by atoms with Crippen LogP contribution in [0.3, 0.4) is 0 Å². The minimum atomic E-state index is -0.685. The molecule has 3 rings (SSSR count). The second-order valence-electron chi connectivity index (χ2n) is 6.36. The van der Waals surface area contributed by atoms with E-state index in [4.69, 9.17) is 5.21 Å². The maximum Gasteiger partial charge on any atom is 0.255 e. The summed E-state index contributed by atoms with van der Waals surface area (Å²) in [5, 5.41) is 11.8. The molecule has 1 atom stereocenters. The molecule has 0 fully saturated rings. The molecule has 3 N–H and O–H groups in total. The number of hydrogen-bond acceptors (Lipinski definition) is 3. The normalized spacial score (nSPS) is 11.5. The number of rotatable bonds is 5. The summed E-state index contributed by atoms with van der Waals surface area (Å²) in [4.78, 5) is 24.5. The van der Waals surface area contributed by atoms with Gasteiger partial charge < -0.3 is 5.32 Å². The molecule has 0 saturated heterocycles. The standard InChI is InChI=1S/C22H19FN2O3/c1-14-13-17(9-12-19(14)23)21(26)24-18-10-7-16(8-11-18)20(22(27)25-28)15-5-3-2-4-6-15/h2-13,20,28H,1H3,(H,24,26)(H,25,27). The van der Waals surface area contributed by atoms with Crippen molar-refractivity contribution in [2.75, 3.05) is 5.32 Å². The van der Waals surface area contributed by atoms with E-state index in [2.05, 4.69) is 5.32 Å². The van der Waals surface area contributed by atoms with Gasteiger partial charge in [-0.3, -0.25) is 14.8 Å². The smallest absolute Gasteiger partial charge is 0.255 e. The van der Waals surface area contributed by atoms with Crippen molar-refractivity contribution in [3.63, 3.8) is 0 Å². The zero-order chi connectivity index (χ0) is 20.1. The highest BCUT2D eigenvalue weighted by atomic mass is 19.1. The van der Waals surface area contributed by atoms with Crippen molar-refractivity contribution in [1.82, 2.24) is 5.48 Å². The lowest BCUT2D eigenvalue weighted by Gasteiger charge is -2.16. The number of amides is 2. The summed E-state index contributed by atoms with van der Waals surface area (Å²) >= 11 is 0. The number of carbonyl (C=O) groups excluding carboxylic acids is 2. The molecule has 0 aromatic heterocycles. The summed E-state index contributed by atoms with van der Waals surface area (Å²) in [6.45, 7) is 1.59. The van der Waals surface area contributed by atoms with E-state index in [1.807, 2.05) is 18.2 Å². The zero-order valence-electron chi connectivity index (χ0n) is 15.1. The van der Waals surface area contributed by atoms with Gasteiger partial charge in [-0.05, 0) is 53.9 Å². The van der Waals surface area contributed by atoms with Crippen LogP contribution in [0.25, 0.3) is 0 Å². The molecule has 142 valence electrons. The molecule has 2 amide bonds. The third-order valence-electron chi connectivity index (χ3n) is 4.43. The lowest BCUT2D eigenvalue weighted by atomic mass is 9.90. The van der Waals surface area contributed by atoms with Crippen molar-refractivity contribution in [3.05, 3.63) is 101 Å². The van der Waals surface area contributed by atoms with Crippen molar-refractivity contribution in [2.45, 2.75) is 12.8 Å². The first-order chi connectivity index (χ1) is 13.5. The maximum absolute atomic E-state index is 13.4. The van der Waals surface area contributed by atoms with Gasteiger partial charge in [0.05, 0.1) is 5.92 Å². The van der Waals surface area contributed by atoms with Gasteiger partial charge in [-0.15, -0.1) is 0 Å². The minimum Gasteiger partial charge on any atom is -0.322 e. The van der Waals surface area contributed by atoms with Crippen molar-refractivity contribution in [1.29, 1.82) is 0 Å². The summed E-state index contributed by atoms with van der Waals surface area (Å²) in [7, 11) is 0. The first kappa shape index (κ1) is 19.3. The second-order valence-corrected chi connectivity index (χ2v) is 6.36. The number of nitrogens with one attached hydrogen (secondary N) is 2. The van der Waals surface area contributed by atoms with E-state index in [0.717, 1.165) is 5.56 Å². The first-order valence-corrected chi connectivity index (χ1v) is 8.66. The van der Waals surface area contributed by atoms with Crippen LogP contribution in [0, 0.1) is 12.7 Å². The molecule has 0 saturated carbocycles. The van der Waals surface area contributed by atoms with Crippen LogP contribution in [0.4, 0.5) is 10.1 Å². The molecule has 3 aromatic rings. The Balaban J connectivity index is 1.80. The fraction of sp³-hybridized carbons (Fsp3) is 0.0909. The number of hydroxylamine groups is 1. The molecule has 28 heavy (non-hydrogen) atoms. The second kappa shape index (κ2) is 8.45. The largest absolute Gasteiger partial charge is 0.322 e. The average molecular weight is 378 g/mol. The van der Waals surface area contributed by atoms with Crippen LogP contribution in [0.5, 0.6) is 0 Å². The Labute approximate surface area is 161 Å². The van der Waals surface area contributed by atoms with Gasteiger partial charge in [0.1, 0.15) is 5.82 Å². The van der Waals surface area contributed by atoms with E-state index in [-0.39, 0.29) is 11.7 Å². The number of benzene rings is 3. The SMILES string of the molecule is Cc1cc(C(=O)Nc2ccc(C(C(=O)NO)c3ccccc3)cc2)ccc1F. The van der Waals surface area contributed by atoms with Gasteiger partial charge in [-0.2, -0.15) is 0 Å². The van der Waals surface area contributed by atoms with E-state index in [0.29, 0.717) is 22.4 Å². The van der Waals surface area contributed by atoms with Gasteiger partial charge in [0.25, 0.3) is 11.8 Å². The van der Waals surface area contributed by atoms with Crippen LogP contribution < -0.4 is 10.8 Å². The molecule has 3 aromatic carbocycles. The van der Waals surface area contributed by atoms with E-state index in [1.165, 1.54) is 18.2 Å². The minimum absolute atomic E-state index is 0.352. The third-order valence-corrected chi connectivity index (χ3v) is 4.43. The highest BCUT2D eigenvalue weighted by molar-refractivity contribution is 6.04. The number of aryl methyl sites for hydroxylation is 1. The zero-order valence-corrected chi connectivity index (χ0v) is 15.1. The van der Waals surface area contributed by atoms with Gasteiger partial charge in [-0.25, -0.2) is 9.87 Å². The Hall–Kier alpha value is -3.51. The molecule has 0 aliphatic heterocycles. The fourth-order valence-corrected chi connectivity index (χ4v) is 2.95. The molecule has 5 nitrogen and oxygen atoms in total. The molecule has 0 aliphatic rings. The average Bonchev–Trinajstić information content (AvgIpc) is 2.72. The lowest BCUT2D eigenvalue weighted by Crippen LogP contribution is -2.27. The van der Waals surface area contributed by atoms with Gasteiger partial charge in [0.2, 0.25) is 0 Å². The molecule has 0 bridgehead atoms. The van der Waals surface area contributed by atoms with Gasteiger partial charge in [0, 0.05) is 11.3 Å². The molecule has 0 aliphatic carbocycles.